The molecule has 2 aromatic heterocycles. The first-order valence-corrected chi connectivity index (χ1v) is 8.09. The van der Waals surface area contributed by atoms with Gasteiger partial charge in [-0.25, -0.2) is 4.68 Å². The average molecular weight is 314 g/mol. The molecular formula is C12H18N4O2S2. The van der Waals surface area contributed by atoms with Crippen molar-refractivity contribution in [3.63, 3.8) is 0 Å². The molecule has 0 bridgehead atoms. The van der Waals surface area contributed by atoms with E-state index in [-0.39, 0.29) is 6.29 Å². The van der Waals surface area contributed by atoms with E-state index in [1.165, 1.54) is 9.75 Å². The second kappa shape index (κ2) is 7.72. The molecule has 0 atom stereocenters. The number of tetrazole rings is 1. The third kappa shape index (κ3) is 4.02. The van der Waals surface area contributed by atoms with E-state index in [0.29, 0.717) is 6.54 Å². The lowest BCUT2D eigenvalue weighted by atomic mass is 10.4. The summed E-state index contributed by atoms with van der Waals surface area (Å²) < 4.78 is 12.0. The number of thiophene rings is 1. The van der Waals surface area contributed by atoms with E-state index in [1.54, 1.807) is 30.7 Å². The quantitative estimate of drug-likeness (QED) is 0.550. The smallest absolute Gasteiger partial charge is 0.209 e. The number of rotatable bonds is 8. The molecule has 2 heterocycles. The van der Waals surface area contributed by atoms with Crippen molar-refractivity contribution in [1.29, 1.82) is 0 Å². The normalized spacial score (nSPS) is 11.4. The minimum absolute atomic E-state index is 0.341. The summed E-state index contributed by atoms with van der Waals surface area (Å²) in [6, 6.07) is 4.34. The zero-order valence-corrected chi connectivity index (χ0v) is 13.4. The number of ether oxygens (including phenoxy) is 2. The predicted octanol–water partition coefficient (Wildman–Crippen LogP) is 2.21. The zero-order valence-electron chi connectivity index (χ0n) is 11.8. The van der Waals surface area contributed by atoms with Crippen LogP contribution in [0.5, 0.6) is 0 Å². The summed E-state index contributed by atoms with van der Waals surface area (Å²) in [6.07, 6.45) is 0.738. The van der Waals surface area contributed by atoms with Crippen LogP contribution in [0.1, 0.15) is 16.7 Å². The zero-order chi connectivity index (χ0) is 14.4. The van der Waals surface area contributed by atoms with Gasteiger partial charge in [-0.15, -0.1) is 16.4 Å². The second-order valence-corrected chi connectivity index (χ2v) is 6.25. The minimum Gasteiger partial charge on any atom is -0.354 e. The Bertz CT molecular complexity index is 525. The number of aryl methyl sites for hydroxylation is 1. The van der Waals surface area contributed by atoms with Crippen LogP contribution in [0.4, 0.5) is 0 Å². The van der Waals surface area contributed by atoms with E-state index in [2.05, 4.69) is 34.6 Å². The van der Waals surface area contributed by atoms with Gasteiger partial charge in [0.2, 0.25) is 5.16 Å². The van der Waals surface area contributed by atoms with Crippen molar-refractivity contribution in [2.75, 3.05) is 14.2 Å². The summed E-state index contributed by atoms with van der Waals surface area (Å²) in [5, 5.41) is 12.5. The van der Waals surface area contributed by atoms with Crippen molar-refractivity contribution < 1.29 is 9.47 Å². The van der Waals surface area contributed by atoms with Gasteiger partial charge >= 0.3 is 0 Å². The summed E-state index contributed by atoms with van der Waals surface area (Å²) in [6.45, 7) is 2.64. The van der Waals surface area contributed by atoms with Crippen LogP contribution in [-0.2, 0) is 28.2 Å². The molecule has 0 radical (unpaired) electrons. The Hall–Kier alpha value is -0.960. The molecule has 0 fully saturated rings. The highest BCUT2D eigenvalue weighted by molar-refractivity contribution is 7.98. The van der Waals surface area contributed by atoms with Gasteiger partial charge in [0.1, 0.15) is 0 Å². The molecule has 20 heavy (non-hydrogen) atoms. The molecule has 0 amide bonds. The van der Waals surface area contributed by atoms with Crippen molar-refractivity contribution in [3.8, 4) is 0 Å². The van der Waals surface area contributed by atoms with E-state index < -0.39 is 0 Å². The first-order chi connectivity index (χ1) is 9.76. The SMILES string of the molecule is CCc1ccc(CSc2nnnn2CC(OC)OC)s1. The van der Waals surface area contributed by atoms with Crippen molar-refractivity contribution in [1.82, 2.24) is 20.2 Å². The van der Waals surface area contributed by atoms with Crippen LogP contribution in [0.25, 0.3) is 0 Å². The molecule has 8 heteroatoms. The van der Waals surface area contributed by atoms with Gasteiger partial charge in [-0.05, 0) is 29.0 Å². The lowest BCUT2D eigenvalue weighted by molar-refractivity contribution is -0.113. The van der Waals surface area contributed by atoms with Crippen molar-refractivity contribution in [2.24, 2.45) is 0 Å². The van der Waals surface area contributed by atoms with Gasteiger partial charge in [0.15, 0.2) is 6.29 Å². The molecule has 0 aromatic carbocycles. The van der Waals surface area contributed by atoms with E-state index in [1.807, 2.05) is 11.3 Å². The molecule has 0 N–H and O–H groups in total. The number of methoxy groups -OCH3 is 2. The number of aromatic nitrogens is 4. The third-order valence-electron chi connectivity index (χ3n) is 2.76. The summed E-state index contributed by atoms with van der Waals surface area (Å²) in [7, 11) is 3.20. The van der Waals surface area contributed by atoms with Crippen molar-refractivity contribution >= 4 is 23.1 Å². The molecule has 0 spiro atoms. The molecule has 0 aliphatic carbocycles. The van der Waals surface area contributed by atoms with Crippen LogP contribution in [0.15, 0.2) is 17.3 Å². The number of thioether (sulfide) groups is 1. The maximum Gasteiger partial charge on any atom is 0.209 e. The number of nitrogens with zero attached hydrogens (tertiary/aromatic N) is 4. The van der Waals surface area contributed by atoms with E-state index >= 15 is 0 Å². The monoisotopic (exact) mass is 314 g/mol. The Labute approximate surface area is 126 Å². The van der Waals surface area contributed by atoms with Gasteiger partial charge in [0, 0.05) is 29.7 Å². The molecule has 0 saturated carbocycles. The van der Waals surface area contributed by atoms with Crippen LogP contribution in [0.3, 0.4) is 0 Å². The Kier molecular flexibility index (Phi) is 5.96. The molecule has 0 unspecified atom stereocenters. The Morgan fingerprint density at radius 2 is 2.05 bits per heavy atom. The molecule has 2 rings (SSSR count). The minimum atomic E-state index is -0.341. The fraction of sp³-hybridized carbons (Fsp3) is 0.583. The van der Waals surface area contributed by atoms with Crippen LogP contribution in [-0.4, -0.2) is 40.7 Å². The van der Waals surface area contributed by atoms with Crippen molar-refractivity contribution in [2.45, 2.75) is 37.1 Å². The maximum absolute atomic E-state index is 5.16. The molecule has 0 aliphatic rings. The number of hydrogen-bond donors (Lipinski definition) is 0. The molecule has 110 valence electrons. The molecular weight excluding hydrogens is 296 g/mol. The van der Waals surface area contributed by atoms with E-state index in [4.69, 9.17) is 9.47 Å². The van der Waals surface area contributed by atoms with E-state index in [9.17, 15) is 0 Å². The average Bonchev–Trinajstić information content (AvgIpc) is 3.11. The Morgan fingerprint density at radius 3 is 2.70 bits per heavy atom. The highest BCUT2D eigenvalue weighted by atomic mass is 32.2. The molecule has 0 aliphatic heterocycles. The first-order valence-electron chi connectivity index (χ1n) is 6.29. The van der Waals surface area contributed by atoms with E-state index in [0.717, 1.165) is 17.3 Å². The highest BCUT2D eigenvalue weighted by Gasteiger charge is 2.13. The summed E-state index contributed by atoms with van der Waals surface area (Å²) in [5.41, 5.74) is 0. The second-order valence-electron chi connectivity index (χ2n) is 4.05. The molecule has 6 nitrogen and oxygen atoms in total. The topological polar surface area (TPSA) is 62.1 Å². The molecule has 2 aromatic rings. The van der Waals surface area contributed by atoms with Crippen LogP contribution >= 0.6 is 23.1 Å². The maximum atomic E-state index is 5.16. The standard InChI is InChI=1S/C12H18N4O2S2/c1-4-9-5-6-10(20-9)8-19-12-13-14-15-16(12)7-11(17-2)18-3/h5-6,11H,4,7-8H2,1-3H3. The summed E-state index contributed by atoms with van der Waals surface area (Å²) in [5.74, 6) is 0.871. The fourth-order valence-electron chi connectivity index (χ4n) is 1.63. The van der Waals surface area contributed by atoms with Crippen LogP contribution in [0.2, 0.25) is 0 Å². The Morgan fingerprint density at radius 1 is 1.30 bits per heavy atom. The fourth-order valence-corrected chi connectivity index (χ4v) is 3.51. The largest absolute Gasteiger partial charge is 0.354 e. The summed E-state index contributed by atoms with van der Waals surface area (Å²) in [4.78, 5) is 2.73. The van der Waals surface area contributed by atoms with Gasteiger partial charge in [-0.2, -0.15) is 0 Å². The van der Waals surface area contributed by atoms with Gasteiger partial charge in [0.25, 0.3) is 0 Å². The lowest BCUT2D eigenvalue weighted by Gasteiger charge is -2.13. The van der Waals surface area contributed by atoms with Gasteiger partial charge in [-0.3, -0.25) is 0 Å². The molecule has 0 saturated heterocycles. The van der Waals surface area contributed by atoms with Crippen molar-refractivity contribution in [3.05, 3.63) is 21.9 Å². The van der Waals surface area contributed by atoms with Gasteiger partial charge in [0.05, 0.1) is 6.54 Å². The van der Waals surface area contributed by atoms with Crippen LogP contribution < -0.4 is 0 Å². The predicted molar refractivity (Wildman–Crippen MR) is 78.9 cm³/mol. The van der Waals surface area contributed by atoms with Gasteiger partial charge in [-0.1, -0.05) is 18.7 Å². The number of hydrogen-bond acceptors (Lipinski definition) is 7. The lowest BCUT2D eigenvalue weighted by Crippen LogP contribution is -2.21. The van der Waals surface area contributed by atoms with Crippen LogP contribution in [0, 0.1) is 0 Å². The highest BCUT2D eigenvalue weighted by Crippen LogP contribution is 2.25. The first kappa shape index (κ1) is 15.4. The van der Waals surface area contributed by atoms with Gasteiger partial charge < -0.3 is 9.47 Å². The summed E-state index contributed by atoms with van der Waals surface area (Å²) >= 11 is 3.46. The third-order valence-corrected chi connectivity index (χ3v) is 5.17. The Balaban J connectivity index is 1.94.